The molecule has 0 saturated heterocycles. The van der Waals surface area contributed by atoms with E-state index in [9.17, 15) is 0 Å². The highest BCUT2D eigenvalue weighted by atomic mass is 35.5. The molecule has 1 aliphatic heterocycles. The van der Waals surface area contributed by atoms with Gasteiger partial charge < -0.3 is 9.88 Å². The summed E-state index contributed by atoms with van der Waals surface area (Å²) in [7, 11) is 0. The molecule has 1 aliphatic rings. The van der Waals surface area contributed by atoms with E-state index in [1.807, 2.05) is 12.1 Å². The van der Waals surface area contributed by atoms with Crippen molar-refractivity contribution in [2.24, 2.45) is 0 Å². The zero-order valence-electron chi connectivity index (χ0n) is 7.76. The second-order valence-corrected chi connectivity index (χ2v) is 4.12. The van der Waals surface area contributed by atoms with Crippen molar-refractivity contribution >= 4 is 28.2 Å². The number of anilines is 1. The van der Waals surface area contributed by atoms with Crippen molar-refractivity contribution in [3.8, 4) is 0 Å². The van der Waals surface area contributed by atoms with E-state index >= 15 is 0 Å². The summed E-state index contributed by atoms with van der Waals surface area (Å²) in [6, 6.07) is 6.15. The van der Waals surface area contributed by atoms with Crippen molar-refractivity contribution in [2.75, 3.05) is 11.9 Å². The van der Waals surface area contributed by atoms with Gasteiger partial charge in [0.25, 0.3) is 0 Å². The minimum atomic E-state index is 0.805. The lowest BCUT2D eigenvalue weighted by atomic mass is 10.2. The normalized spacial score (nSPS) is 15.2. The molecule has 0 atom stereocenters. The van der Waals surface area contributed by atoms with E-state index in [-0.39, 0.29) is 0 Å². The SMILES string of the molecule is Clc1cc2c3c(ccn3CCCN2)c1. The summed E-state index contributed by atoms with van der Waals surface area (Å²) >= 11 is 6.04. The van der Waals surface area contributed by atoms with Gasteiger partial charge >= 0.3 is 0 Å². The fourth-order valence-corrected chi connectivity index (χ4v) is 2.33. The molecule has 2 aromatic rings. The van der Waals surface area contributed by atoms with E-state index < -0.39 is 0 Å². The van der Waals surface area contributed by atoms with Gasteiger partial charge in [0, 0.05) is 29.7 Å². The molecule has 1 N–H and O–H groups in total. The Morgan fingerprint density at radius 3 is 3.21 bits per heavy atom. The van der Waals surface area contributed by atoms with Crippen LogP contribution in [0.1, 0.15) is 6.42 Å². The van der Waals surface area contributed by atoms with Crippen LogP contribution in [0.2, 0.25) is 5.02 Å². The van der Waals surface area contributed by atoms with E-state index in [4.69, 9.17) is 11.6 Å². The molecule has 0 unspecified atom stereocenters. The van der Waals surface area contributed by atoms with Crippen LogP contribution in [0, 0.1) is 0 Å². The second-order valence-electron chi connectivity index (χ2n) is 3.68. The summed E-state index contributed by atoms with van der Waals surface area (Å²) in [5, 5.41) is 5.44. The lowest BCUT2D eigenvalue weighted by molar-refractivity contribution is 0.694. The molecule has 3 heteroatoms. The van der Waals surface area contributed by atoms with Crippen molar-refractivity contribution in [3.05, 3.63) is 29.4 Å². The van der Waals surface area contributed by atoms with Crippen molar-refractivity contribution in [1.29, 1.82) is 0 Å². The first kappa shape index (κ1) is 8.18. The number of halogens is 1. The summed E-state index contributed by atoms with van der Waals surface area (Å²) in [6.07, 6.45) is 3.30. The van der Waals surface area contributed by atoms with Gasteiger partial charge in [0.15, 0.2) is 0 Å². The van der Waals surface area contributed by atoms with Gasteiger partial charge in [-0.15, -0.1) is 0 Å². The van der Waals surface area contributed by atoms with Crippen molar-refractivity contribution in [1.82, 2.24) is 4.57 Å². The molecule has 14 heavy (non-hydrogen) atoms. The molecule has 1 aromatic heterocycles. The van der Waals surface area contributed by atoms with Crippen LogP contribution in [0.4, 0.5) is 5.69 Å². The number of benzene rings is 1. The summed E-state index contributed by atoms with van der Waals surface area (Å²) in [5.74, 6) is 0. The van der Waals surface area contributed by atoms with Gasteiger partial charge in [0.1, 0.15) is 0 Å². The Hall–Kier alpha value is -1.15. The maximum atomic E-state index is 6.04. The quantitative estimate of drug-likeness (QED) is 0.701. The Kier molecular flexibility index (Phi) is 1.71. The second kappa shape index (κ2) is 2.92. The Labute approximate surface area is 87.5 Å². The monoisotopic (exact) mass is 206 g/mol. The third kappa shape index (κ3) is 1.11. The van der Waals surface area contributed by atoms with Crippen LogP contribution in [0.5, 0.6) is 0 Å². The van der Waals surface area contributed by atoms with Gasteiger partial charge in [-0.1, -0.05) is 11.6 Å². The first-order valence-corrected chi connectivity index (χ1v) is 5.25. The largest absolute Gasteiger partial charge is 0.383 e. The third-order valence-electron chi connectivity index (χ3n) is 2.72. The zero-order chi connectivity index (χ0) is 9.54. The van der Waals surface area contributed by atoms with Crippen LogP contribution in [0.15, 0.2) is 24.4 Å². The molecule has 0 fully saturated rings. The number of rotatable bonds is 0. The highest BCUT2D eigenvalue weighted by molar-refractivity contribution is 6.31. The lowest BCUT2D eigenvalue weighted by Crippen LogP contribution is -1.99. The maximum absolute atomic E-state index is 6.04. The average molecular weight is 207 g/mol. The van der Waals surface area contributed by atoms with Gasteiger partial charge in [-0.25, -0.2) is 0 Å². The number of aryl methyl sites for hydroxylation is 1. The Morgan fingerprint density at radius 2 is 2.29 bits per heavy atom. The summed E-state index contributed by atoms with van der Waals surface area (Å²) in [4.78, 5) is 0. The van der Waals surface area contributed by atoms with Crippen LogP contribution in [-0.4, -0.2) is 11.1 Å². The predicted octanol–water partition coefficient (Wildman–Crippen LogP) is 3.11. The smallest absolute Gasteiger partial charge is 0.0717 e. The fraction of sp³-hybridized carbons (Fsp3) is 0.273. The third-order valence-corrected chi connectivity index (χ3v) is 2.93. The topological polar surface area (TPSA) is 17.0 Å². The van der Waals surface area contributed by atoms with Gasteiger partial charge in [0.05, 0.1) is 11.2 Å². The average Bonchev–Trinajstić information content (AvgIpc) is 2.43. The Balaban J connectivity index is 2.39. The van der Waals surface area contributed by atoms with E-state index in [1.165, 1.54) is 10.9 Å². The standard InChI is InChI=1S/C11H11ClN2/c12-9-6-8-2-5-14-4-1-3-13-10(7-9)11(8)14/h2,5-7,13H,1,3-4H2. The van der Waals surface area contributed by atoms with E-state index in [0.717, 1.165) is 30.2 Å². The summed E-state index contributed by atoms with van der Waals surface area (Å²) < 4.78 is 2.29. The van der Waals surface area contributed by atoms with Gasteiger partial charge in [-0.05, 0) is 24.6 Å². The van der Waals surface area contributed by atoms with E-state index in [2.05, 4.69) is 22.1 Å². The molecule has 2 heterocycles. The number of aromatic nitrogens is 1. The lowest BCUT2D eigenvalue weighted by Gasteiger charge is -2.05. The number of nitrogens with zero attached hydrogens (tertiary/aromatic N) is 1. The number of hydrogen-bond donors (Lipinski definition) is 1. The van der Waals surface area contributed by atoms with Gasteiger partial charge in [-0.2, -0.15) is 0 Å². The molecule has 0 spiro atoms. The van der Waals surface area contributed by atoms with Crippen molar-refractivity contribution < 1.29 is 0 Å². The summed E-state index contributed by atoms with van der Waals surface area (Å²) in [6.45, 7) is 2.11. The van der Waals surface area contributed by atoms with Gasteiger partial charge in [-0.3, -0.25) is 0 Å². The minimum absolute atomic E-state index is 0.805. The van der Waals surface area contributed by atoms with Crippen LogP contribution in [-0.2, 0) is 6.54 Å². The molecule has 72 valence electrons. The van der Waals surface area contributed by atoms with E-state index in [0.29, 0.717) is 0 Å². The molecule has 1 aromatic carbocycles. The fourth-order valence-electron chi connectivity index (χ4n) is 2.11. The Bertz CT molecular complexity index is 487. The minimum Gasteiger partial charge on any atom is -0.383 e. The maximum Gasteiger partial charge on any atom is 0.0717 e. The first-order valence-electron chi connectivity index (χ1n) is 4.87. The van der Waals surface area contributed by atoms with Crippen LogP contribution < -0.4 is 5.32 Å². The van der Waals surface area contributed by atoms with Gasteiger partial charge in [0.2, 0.25) is 0 Å². The predicted molar refractivity (Wildman–Crippen MR) is 60.1 cm³/mol. The van der Waals surface area contributed by atoms with Crippen LogP contribution >= 0.6 is 11.6 Å². The van der Waals surface area contributed by atoms with Crippen molar-refractivity contribution in [2.45, 2.75) is 13.0 Å². The Morgan fingerprint density at radius 1 is 1.36 bits per heavy atom. The number of hydrogen-bond acceptors (Lipinski definition) is 1. The molecule has 0 aliphatic carbocycles. The molecular formula is C11H11ClN2. The molecule has 0 bridgehead atoms. The van der Waals surface area contributed by atoms with Crippen molar-refractivity contribution in [3.63, 3.8) is 0 Å². The zero-order valence-corrected chi connectivity index (χ0v) is 8.51. The molecule has 0 amide bonds. The summed E-state index contributed by atoms with van der Waals surface area (Å²) in [5.41, 5.74) is 2.45. The van der Waals surface area contributed by atoms with Crippen LogP contribution in [0.25, 0.3) is 10.9 Å². The first-order chi connectivity index (χ1) is 6.84. The molecule has 2 nitrogen and oxygen atoms in total. The molecular weight excluding hydrogens is 196 g/mol. The molecule has 0 radical (unpaired) electrons. The molecule has 0 saturated carbocycles. The van der Waals surface area contributed by atoms with E-state index in [1.54, 1.807) is 0 Å². The highest BCUT2D eigenvalue weighted by Gasteiger charge is 2.10. The van der Waals surface area contributed by atoms with Crippen LogP contribution in [0.3, 0.4) is 0 Å². The number of nitrogens with one attached hydrogen (secondary N) is 1. The highest BCUT2D eigenvalue weighted by Crippen LogP contribution is 2.30. The molecule has 3 rings (SSSR count).